The van der Waals surface area contributed by atoms with Gasteiger partial charge in [0.25, 0.3) is 0 Å². The lowest BCUT2D eigenvalue weighted by molar-refractivity contribution is -0.137. The molecule has 0 saturated heterocycles. The first-order valence-corrected chi connectivity index (χ1v) is 10.1. The zero-order valence-corrected chi connectivity index (χ0v) is 15.4. The van der Waals surface area contributed by atoms with Crippen molar-refractivity contribution in [1.82, 2.24) is 14.8 Å². The van der Waals surface area contributed by atoms with Crippen LogP contribution in [-0.4, -0.2) is 14.8 Å². The van der Waals surface area contributed by atoms with E-state index in [0.29, 0.717) is 17.4 Å². The summed E-state index contributed by atoms with van der Waals surface area (Å²) in [6.45, 7) is 0. The molecule has 3 nitrogen and oxygen atoms in total. The van der Waals surface area contributed by atoms with Crippen LogP contribution in [0.25, 0.3) is 0 Å². The van der Waals surface area contributed by atoms with E-state index in [2.05, 4.69) is 20.8 Å². The normalized spacial score (nSPS) is 14.7. The quantitative estimate of drug-likeness (QED) is 0.511. The predicted molar refractivity (Wildman–Crippen MR) is 96.4 cm³/mol. The van der Waals surface area contributed by atoms with Crippen LogP contribution >= 0.6 is 23.1 Å². The van der Waals surface area contributed by atoms with Gasteiger partial charge in [0.2, 0.25) is 0 Å². The van der Waals surface area contributed by atoms with Crippen LogP contribution in [0.3, 0.4) is 0 Å². The van der Waals surface area contributed by atoms with Crippen molar-refractivity contribution in [3.8, 4) is 0 Å². The third kappa shape index (κ3) is 3.96. The number of thiophene rings is 1. The summed E-state index contributed by atoms with van der Waals surface area (Å²) in [4.78, 5) is 1.23. The Morgan fingerprint density at radius 1 is 1.15 bits per heavy atom. The second-order valence-electron chi connectivity index (χ2n) is 6.24. The van der Waals surface area contributed by atoms with Gasteiger partial charge in [-0.1, -0.05) is 36.0 Å². The van der Waals surface area contributed by atoms with Crippen LogP contribution in [0.15, 0.2) is 46.9 Å². The maximum atomic E-state index is 12.9. The second kappa shape index (κ2) is 7.08. The molecule has 1 aliphatic rings. The number of benzene rings is 1. The lowest BCUT2D eigenvalue weighted by atomic mass is 10.1. The zero-order valence-electron chi connectivity index (χ0n) is 13.7. The zero-order chi connectivity index (χ0) is 18.1. The Labute approximate surface area is 157 Å². The molecule has 1 fully saturated rings. The van der Waals surface area contributed by atoms with Crippen molar-refractivity contribution < 1.29 is 13.2 Å². The predicted octanol–water partition coefficient (Wildman–Crippen LogP) is 5.58. The molecule has 1 saturated carbocycles. The molecule has 8 heteroatoms. The van der Waals surface area contributed by atoms with E-state index in [1.807, 2.05) is 11.4 Å². The Hall–Kier alpha value is -1.80. The van der Waals surface area contributed by atoms with Crippen molar-refractivity contribution in [3.05, 3.63) is 63.6 Å². The summed E-state index contributed by atoms with van der Waals surface area (Å²) in [5.74, 6) is 1.37. The van der Waals surface area contributed by atoms with Gasteiger partial charge in [-0.3, -0.25) is 0 Å². The molecule has 0 aliphatic heterocycles. The molecule has 1 aliphatic carbocycles. The average Bonchev–Trinajstić information content (AvgIpc) is 3.16. The molecule has 0 amide bonds. The molecule has 0 radical (unpaired) electrons. The van der Waals surface area contributed by atoms with E-state index >= 15 is 0 Å². The molecule has 0 N–H and O–H groups in total. The summed E-state index contributed by atoms with van der Waals surface area (Å²) < 4.78 is 40.7. The van der Waals surface area contributed by atoms with Gasteiger partial charge < -0.3 is 4.57 Å². The molecule has 0 bridgehead atoms. The lowest BCUT2D eigenvalue weighted by Gasteiger charge is -2.10. The molecular formula is C18H16F3N3S2. The minimum Gasteiger partial charge on any atom is -0.303 e. The SMILES string of the molecule is FC(F)(F)c1cccc(CSc2nnc(Cc3cccs3)n2C2CC2)c1. The van der Waals surface area contributed by atoms with Crippen molar-refractivity contribution >= 4 is 23.1 Å². The minimum atomic E-state index is -4.32. The van der Waals surface area contributed by atoms with Gasteiger partial charge in [0.15, 0.2) is 5.16 Å². The fraction of sp³-hybridized carbons (Fsp3) is 0.333. The number of aromatic nitrogens is 3. The molecule has 0 atom stereocenters. The third-order valence-corrected chi connectivity index (χ3v) is 6.07. The van der Waals surface area contributed by atoms with Crippen LogP contribution in [-0.2, 0) is 18.3 Å². The molecule has 3 aromatic rings. The van der Waals surface area contributed by atoms with Gasteiger partial charge in [-0.05, 0) is 35.9 Å². The summed E-state index contributed by atoms with van der Waals surface area (Å²) >= 11 is 3.13. The fourth-order valence-electron chi connectivity index (χ4n) is 2.78. The number of hydrogen-bond acceptors (Lipinski definition) is 4. The van der Waals surface area contributed by atoms with E-state index in [9.17, 15) is 13.2 Å². The molecule has 0 spiro atoms. The Balaban J connectivity index is 1.51. The Bertz CT molecular complexity index is 883. The highest BCUT2D eigenvalue weighted by Crippen LogP contribution is 2.40. The molecule has 136 valence electrons. The highest BCUT2D eigenvalue weighted by Gasteiger charge is 2.31. The average molecular weight is 395 g/mol. The van der Waals surface area contributed by atoms with Crippen LogP contribution in [0.1, 0.15) is 40.7 Å². The van der Waals surface area contributed by atoms with Gasteiger partial charge in [-0.2, -0.15) is 13.2 Å². The first kappa shape index (κ1) is 17.6. The fourth-order valence-corrected chi connectivity index (χ4v) is 4.45. The first-order chi connectivity index (χ1) is 12.5. The van der Waals surface area contributed by atoms with Gasteiger partial charge in [0.1, 0.15) is 5.82 Å². The first-order valence-electron chi connectivity index (χ1n) is 8.26. The summed E-state index contributed by atoms with van der Waals surface area (Å²) in [6, 6.07) is 9.98. The van der Waals surface area contributed by atoms with Crippen molar-refractivity contribution in [2.75, 3.05) is 0 Å². The smallest absolute Gasteiger partial charge is 0.303 e. The van der Waals surface area contributed by atoms with E-state index in [4.69, 9.17) is 0 Å². The highest BCUT2D eigenvalue weighted by molar-refractivity contribution is 7.98. The Morgan fingerprint density at radius 2 is 2.00 bits per heavy atom. The maximum absolute atomic E-state index is 12.9. The van der Waals surface area contributed by atoms with Crippen LogP contribution in [0.2, 0.25) is 0 Å². The molecular weight excluding hydrogens is 379 g/mol. The summed E-state index contributed by atoms with van der Waals surface area (Å²) in [5.41, 5.74) is 0.0209. The van der Waals surface area contributed by atoms with Crippen LogP contribution in [0.5, 0.6) is 0 Å². The van der Waals surface area contributed by atoms with Gasteiger partial charge in [0.05, 0.1) is 5.56 Å². The van der Waals surface area contributed by atoms with E-state index < -0.39 is 11.7 Å². The van der Waals surface area contributed by atoms with Crippen LogP contribution in [0.4, 0.5) is 13.2 Å². The minimum absolute atomic E-state index is 0.420. The van der Waals surface area contributed by atoms with Crippen molar-refractivity contribution in [2.45, 2.75) is 42.4 Å². The topological polar surface area (TPSA) is 30.7 Å². The van der Waals surface area contributed by atoms with E-state index in [0.717, 1.165) is 36.3 Å². The van der Waals surface area contributed by atoms with E-state index in [-0.39, 0.29) is 0 Å². The molecule has 4 rings (SSSR count). The molecule has 2 aromatic heterocycles. The molecule has 0 unspecified atom stereocenters. The monoisotopic (exact) mass is 395 g/mol. The van der Waals surface area contributed by atoms with Crippen LogP contribution in [0, 0.1) is 0 Å². The van der Waals surface area contributed by atoms with Crippen molar-refractivity contribution in [1.29, 1.82) is 0 Å². The third-order valence-electron chi connectivity index (χ3n) is 4.18. The lowest BCUT2D eigenvalue weighted by Crippen LogP contribution is -2.05. The number of halogens is 3. The number of nitrogens with zero attached hydrogens (tertiary/aromatic N) is 3. The van der Waals surface area contributed by atoms with Gasteiger partial charge in [0, 0.05) is 23.1 Å². The number of rotatable bonds is 6. The molecule has 2 heterocycles. The number of thioether (sulfide) groups is 1. The summed E-state index contributed by atoms with van der Waals surface area (Å²) in [7, 11) is 0. The highest BCUT2D eigenvalue weighted by atomic mass is 32.2. The Morgan fingerprint density at radius 3 is 2.69 bits per heavy atom. The summed E-state index contributed by atoms with van der Waals surface area (Å²) in [6.07, 6.45) is -1.37. The van der Waals surface area contributed by atoms with Gasteiger partial charge in [-0.25, -0.2) is 0 Å². The van der Waals surface area contributed by atoms with E-state index in [1.165, 1.54) is 28.8 Å². The number of hydrogen-bond donors (Lipinski definition) is 0. The van der Waals surface area contributed by atoms with E-state index in [1.54, 1.807) is 17.4 Å². The molecule has 26 heavy (non-hydrogen) atoms. The standard InChI is InChI=1S/C18H16F3N3S2/c19-18(20,21)13-4-1-3-12(9-13)11-26-17-23-22-16(24(17)14-6-7-14)10-15-5-2-8-25-15/h1-5,8-9,14H,6-7,10-11H2. The van der Waals surface area contributed by atoms with Crippen LogP contribution < -0.4 is 0 Å². The Kier molecular flexibility index (Phi) is 4.79. The summed E-state index contributed by atoms with van der Waals surface area (Å²) in [5, 5.41) is 11.5. The molecule has 1 aromatic carbocycles. The maximum Gasteiger partial charge on any atom is 0.416 e. The second-order valence-corrected chi connectivity index (χ2v) is 8.22. The largest absolute Gasteiger partial charge is 0.416 e. The van der Waals surface area contributed by atoms with Crippen molar-refractivity contribution in [3.63, 3.8) is 0 Å². The van der Waals surface area contributed by atoms with Crippen molar-refractivity contribution in [2.24, 2.45) is 0 Å². The van der Waals surface area contributed by atoms with Gasteiger partial charge >= 0.3 is 6.18 Å². The number of alkyl halides is 3. The van der Waals surface area contributed by atoms with Gasteiger partial charge in [-0.15, -0.1) is 21.5 Å².